The molecule has 0 fully saturated rings. The van der Waals surface area contributed by atoms with Crippen molar-refractivity contribution < 1.29 is 26.9 Å². The largest absolute Gasteiger partial charge is 0.531 e. The highest BCUT2D eigenvalue weighted by atomic mass is 32.2. The van der Waals surface area contributed by atoms with Gasteiger partial charge in [-0.05, 0) is 6.92 Å². The summed E-state index contributed by atoms with van der Waals surface area (Å²) in [5.74, 6) is -0.360. The summed E-state index contributed by atoms with van der Waals surface area (Å²) in [7, 11) is -3.87. The lowest BCUT2D eigenvalue weighted by Crippen LogP contribution is -2.15. The van der Waals surface area contributed by atoms with E-state index in [9.17, 15) is 18.0 Å². The molecular formula is C4H6O6S. The predicted molar refractivity (Wildman–Crippen MR) is 33.1 cm³/mol. The minimum Gasteiger partial charge on any atom is -0.362 e. The Kier molecular flexibility index (Phi) is 3.52. The lowest BCUT2D eigenvalue weighted by molar-refractivity contribution is -0.124. The van der Waals surface area contributed by atoms with Crippen LogP contribution in [0, 0.1) is 0 Å². The minimum atomic E-state index is -3.87. The van der Waals surface area contributed by atoms with Crippen molar-refractivity contribution in [2.24, 2.45) is 0 Å². The second-order valence-electron chi connectivity index (χ2n) is 1.39. The van der Waals surface area contributed by atoms with Crippen LogP contribution in [-0.2, 0) is 23.8 Å². The maximum absolute atomic E-state index is 10.4. The number of rotatable bonds is 3. The van der Waals surface area contributed by atoms with Crippen molar-refractivity contribution in [3.05, 3.63) is 0 Å². The average molecular weight is 182 g/mol. The summed E-state index contributed by atoms with van der Waals surface area (Å²) in [5, 5.41) is 0. The van der Waals surface area contributed by atoms with Crippen LogP contribution in [0.3, 0.4) is 0 Å². The lowest BCUT2D eigenvalue weighted by atomic mass is 11.0. The third-order valence-electron chi connectivity index (χ3n) is 0.693. The highest BCUT2D eigenvalue weighted by Crippen LogP contribution is 1.94. The highest BCUT2D eigenvalue weighted by Gasteiger charge is 2.15. The van der Waals surface area contributed by atoms with Crippen molar-refractivity contribution >= 4 is 22.7 Å². The Morgan fingerprint density at radius 1 is 1.55 bits per heavy atom. The zero-order valence-electron chi connectivity index (χ0n) is 5.64. The van der Waals surface area contributed by atoms with Crippen LogP contribution in [-0.4, -0.2) is 26.8 Å². The molecule has 0 atom stereocenters. The molecule has 0 bridgehead atoms. The Morgan fingerprint density at radius 3 is 2.45 bits per heavy atom. The Labute approximate surface area is 63.2 Å². The number of carbonyl (C=O) groups is 2. The van der Waals surface area contributed by atoms with E-state index in [-0.39, 0.29) is 12.2 Å². The minimum absolute atomic E-state index is 0.215. The molecule has 0 aromatic rings. The molecule has 0 aliphatic heterocycles. The van der Waals surface area contributed by atoms with Gasteiger partial charge in [0, 0.05) is 0 Å². The molecule has 6 nitrogen and oxygen atoms in total. The third-order valence-corrected chi connectivity index (χ3v) is 1.79. The molecule has 0 saturated carbocycles. The molecule has 0 amide bonds. The second kappa shape index (κ2) is 3.91. The van der Waals surface area contributed by atoms with Crippen molar-refractivity contribution in [2.45, 2.75) is 6.92 Å². The first kappa shape index (κ1) is 9.89. The van der Waals surface area contributed by atoms with Crippen LogP contribution < -0.4 is 0 Å². The van der Waals surface area contributed by atoms with Gasteiger partial charge in [-0.3, -0.25) is 4.79 Å². The fraction of sp³-hybridized carbons (Fsp3) is 0.500. The number of ether oxygens (including phenoxy) is 1. The van der Waals surface area contributed by atoms with Gasteiger partial charge in [-0.25, -0.2) is 4.79 Å². The normalized spacial score (nSPS) is 10.3. The van der Waals surface area contributed by atoms with Gasteiger partial charge in [0.1, 0.15) is 0 Å². The van der Waals surface area contributed by atoms with Crippen LogP contribution in [0.1, 0.15) is 6.92 Å². The van der Waals surface area contributed by atoms with Crippen LogP contribution in [0.15, 0.2) is 0 Å². The maximum atomic E-state index is 10.4. The molecule has 0 aromatic heterocycles. The molecule has 0 aliphatic rings. The number of carbonyl (C=O) groups excluding carboxylic acids is 2. The van der Waals surface area contributed by atoms with Crippen LogP contribution in [0.25, 0.3) is 0 Å². The zero-order chi connectivity index (χ0) is 8.91. The second-order valence-corrected chi connectivity index (χ2v) is 3.25. The fourth-order valence-electron chi connectivity index (χ4n) is 0.222. The molecule has 64 valence electrons. The van der Waals surface area contributed by atoms with E-state index in [1.807, 2.05) is 0 Å². The van der Waals surface area contributed by atoms with E-state index in [1.165, 1.54) is 6.92 Å². The van der Waals surface area contributed by atoms with Gasteiger partial charge in [-0.2, -0.15) is 8.42 Å². The molecule has 7 heteroatoms. The molecule has 0 radical (unpaired) electrons. The van der Waals surface area contributed by atoms with Gasteiger partial charge in [0.2, 0.25) is 0 Å². The highest BCUT2D eigenvalue weighted by molar-refractivity contribution is 7.87. The molecule has 0 aliphatic carbocycles. The van der Waals surface area contributed by atoms with E-state index in [0.29, 0.717) is 0 Å². The van der Waals surface area contributed by atoms with Gasteiger partial charge in [0.15, 0.2) is 0 Å². The van der Waals surface area contributed by atoms with E-state index in [4.69, 9.17) is 0 Å². The molecule has 0 spiro atoms. The lowest BCUT2D eigenvalue weighted by Gasteiger charge is -1.98. The third kappa shape index (κ3) is 4.31. The molecule has 0 heterocycles. The summed E-state index contributed by atoms with van der Waals surface area (Å²) in [6.45, 7) is 1.07. The number of hydrogen-bond donors (Lipinski definition) is 0. The van der Waals surface area contributed by atoms with Crippen molar-refractivity contribution in [3.63, 3.8) is 0 Å². The van der Waals surface area contributed by atoms with Crippen molar-refractivity contribution in [1.82, 2.24) is 0 Å². The van der Waals surface area contributed by atoms with Gasteiger partial charge in [0.25, 0.3) is 0 Å². The van der Waals surface area contributed by atoms with E-state index in [1.54, 1.807) is 0 Å². The maximum Gasteiger partial charge on any atom is 0.531 e. The van der Waals surface area contributed by atoms with Gasteiger partial charge >= 0.3 is 22.7 Å². The molecule has 11 heavy (non-hydrogen) atoms. The molecule has 0 rings (SSSR count). The van der Waals surface area contributed by atoms with Gasteiger partial charge < -0.3 is 8.92 Å². The Hall–Kier alpha value is -1.11. The first-order valence-electron chi connectivity index (χ1n) is 2.58. The van der Waals surface area contributed by atoms with Gasteiger partial charge in [-0.1, -0.05) is 0 Å². The summed E-state index contributed by atoms with van der Waals surface area (Å²) >= 11 is 0. The van der Waals surface area contributed by atoms with Crippen molar-refractivity contribution in [2.75, 3.05) is 5.75 Å². The summed E-state index contributed by atoms with van der Waals surface area (Å²) in [6, 6.07) is 0. The molecule has 0 unspecified atom stereocenters. The van der Waals surface area contributed by atoms with Crippen LogP contribution in [0.4, 0.5) is 4.79 Å². The predicted octanol–water partition coefficient (Wildman–Crippen LogP) is -0.354. The van der Waals surface area contributed by atoms with Gasteiger partial charge in [0.05, 0.1) is 5.75 Å². The smallest absolute Gasteiger partial charge is 0.362 e. The Bertz CT molecular complexity index is 239. The van der Waals surface area contributed by atoms with E-state index >= 15 is 0 Å². The average Bonchev–Trinajstić information content (AvgIpc) is 1.87. The standard InChI is InChI=1S/C4H6O6S/c1-2-11(7,8)10-4(6)9-3-5/h3H,2H2,1H3. The topological polar surface area (TPSA) is 86.7 Å². The van der Waals surface area contributed by atoms with E-state index in [2.05, 4.69) is 8.92 Å². The Morgan fingerprint density at radius 2 is 2.09 bits per heavy atom. The first-order valence-corrected chi connectivity index (χ1v) is 4.16. The molecule has 0 saturated heterocycles. The zero-order valence-corrected chi connectivity index (χ0v) is 6.46. The Balaban J connectivity index is 4.05. The fourth-order valence-corrected chi connectivity index (χ4v) is 0.586. The summed E-state index contributed by atoms with van der Waals surface area (Å²) < 4.78 is 28.2. The van der Waals surface area contributed by atoms with Crippen molar-refractivity contribution in [3.8, 4) is 0 Å². The molecule has 0 aromatic carbocycles. The number of hydrogen-bond acceptors (Lipinski definition) is 6. The van der Waals surface area contributed by atoms with Gasteiger partial charge in [-0.15, -0.1) is 0 Å². The van der Waals surface area contributed by atoms with E-state index in [0.717, 1.165) is 0 Å². The van der Waals surface area contributed by atoms with Crippen LogP contribution >= 0.6 is 0 Å². The van der Waals surface area contributed by atoms with Crippen molar-refractivity contribution in [1.29, 1.82) is 0 Å². The molecular weight excluding hydrogens is 176 g/mol. The van der Waals surface area contributed by atoms with Crippen LogP contribution in [0.5, 0.6) is 0 Å². The van der Waals surface area contributed by atoms with Crippen LogP contribution in [0.2, 0.25) is 0 Å². The summed E-state index contributed by atoms with van der Waals surface area (Å²) in [5.41, 5.74) is 0. The summed E-state index contributed by atoms with van der Waals surface area (Å²) in [6.07, 6.45) is -1.54. The molecule has 0 N–H and O–H groups in total. The first-order chi connectivity index (χ1) is 5.02. The van der Waals surface area contributed by atoms with E-state index < -0.39 is 16.3 Å². The monoisotopic (exact) mass is 182 g/mol. The quantitative estimate of drug-likeness (QED) is 0.256. The SMILES string of the molecule is CCS(=O)(=O)OC(=O)OC=O. The summed E-state index contributed by atoms with van der Waals surface area (Å²) in [4.78, 5) is 19.6.